The Morgan fingerprint density at radius 1 is 1.29 bits per heavy atom. The van der Waals surface area contributed by atoms with Crippen LogP contribution in [0.4, 0.5) is 5.69 Å². The van der Waals surface area contributed by atoms with Crippen LogP contribution in [0.25, 0.3) is 0 Å². The molecule has 31 heavy (non-hydrogen) atoms. The van der Waals surface area contributed by atoms with E-state index in [2.05, 4.69) is 25.8 Å². The molecule has 0 spiro atoms. The van der Waals surface area contributed by atoms with Crippen LogP contribution in [0, 0.1) is 13.8 Å². The van der Waals surface area contributed by atoms with Crippen molar-refractivity contribution < 1.29 is 14.3 Å². The van der Waals surface area contributed by atoms with Crippen molar-refractivity contribution in [2.75, 3.05) is 37.6 Å². The first-order valence-electron chi connectivity index (χ1n) is 10.7. The number of carbonyl (C=O) groups excluding carboxylic acids is 1. The highest BCUT2D eigenvalue weighted by Crippen LogP contribution is 2.26. The molecule has 4 N–H and O–H groups in total. The number of piperazine rings is 1. The lowest BCUT2D eigenvalue weighted by Gasteiger charge is -2.28. The van der Waals surface area contributed by atoms with Gasteiger partial charge in [-0.05, 0) is 51.5 Å². The SMILES string of the molecule is CCNC(=NCc1ccc(N2CCNC(=O)C2)cc1)NCC(C)(O)c1cc(C)oc1C. The van der Waals surface area contributed by atoms with Gasteiger partial charge < -0.3 is 30.4 Å². The van der Waals surface area contributed by atoms with E-state index in [1.165, 1.54) is 0 Å². The number of nitrogens with one attached hydrogen (secondary N) is 3. The summed E-state index contributed by atoms with van der Waals surface area (Å²) in [6.07, 6.45) is 0. The van der Waals surface area contributed by atoms with Gasteiger partial charge in [-0.3, -0.25) is 4.79 Å². The summed E-state index contributed by atoms with van der Waals surface area (Å²) >= 11 is 0. The predicted molar refractivity (Wildman–Crippen MR) is 122 cm³/mol. The highest BCUT2D eigenvalue weighted by Gasteiger charge is 2.27. The average molecular weight is 428 g/mol. The molecule has 1 aromatic heterocycles. The normalized spacial score (nSPS) is 16.6. The number of aliphatic imine (C=N–C) groups is 1. The first-order valence-corrected chi connectivity index (χ1v) is 10.7. The molecule has 0 bridgehead atoms. The number of hydrogen-bond acceptors (Lipinski definition) is 5. The van der Waals surface area contributed by atoms with Gasteiger partial charge in [0.1, 0.15) is 17.1 Å². The monoisotopic (exact) mass is 427 g/mol. The van der Waals surface area contributed by atoms with Gasteiger partial charge in [0.15, 0.2) is 5.96 Å². The van der Waals surface area contributed by atoms with E-state index < -0.39 is 5.60 Å². The minimum absolute atomic E-state index is 0.0536. The summed E-state index contributed by atoms with van der Waals surface area (Å²) in [7, 11) is 0. The summed E-state index contributed by atoms with van der Waals surface area (Å²) < 4.78 is 5.56. The van der Waals surface area contributed by atoms with Crippen LogP contribution in [0.5, 0.6) is 0 Å². The Bertz CT molecular complexity index is 918. The van der Waals surface area contributed by atoms with E-state index >= 15 is 0 Å². The number of rotatable bonds is 7. The summed E-state index contributed by atoms with van der Waals surface area (Å²) in [6, 6.07) is 9.98. The number of hydrogen-bond donors (Lipinski definition) is 4. The van der Waals surface area contributed by atoms with Gasteiger partial charge in [0, 0.05) is 30.9 Å². The fraction of sp³-hybridized carbons (Fsp3) is 0.478. The van der Waals surface area contributed by atoms with Crippen molar-refractivity contribution in [2.24, 2.45) is 4.99 Å². The maximum Gasteiger partial charge on any atom is 0.239 e. The number of aliphatic hydroxyl groups is 1. The maximum absolute atomic E-state index is 11.6. The third-order valence-electron chi connectivity index (χ3n) is 5.33. The Kier molecular flexibility index (Phi) is 7.22. The van der Waals surface area contributed by atoms with E-state index in [1.807, 2.05) is 51.1 Å². The third-order valence-corrected chi connectivity index (χ3v) is 5.33. The largest absolute Gasteiger partial charge is 0.466 e. The van der Waals surface area contributed by atoms with Crippen LogP contribution in [-0.4, -0.2) is 49.7 Å². The molecule has 0 aliphatic carbocycles. The van der Waals surface area contributed by atoms with Gasteiger partial charge in [0.2, 0.25) is 5.91 Å². The van der Waals surface area contributed by atoms with Gasteiger partial charge in [-0.1, -0.05) is 12.1 Å². The van der Waals surface area contributed by atoms with E-state index in [0.717, 1.165) is 34.9 Å². The molecule has 2 aromatic rings. The molecule has 2 heterocycles. The summed E-state index contributed by atoms with van der Waals surface area (Å²) in [5.74, 6) is 2.19. The Labute approximate surface area is 183 Å². The second kappa shape index (κ2) is 9.87. The highest BCUT2D eigenvalue weighted by atomic mass is 16.3. The molecule has 8 heteroatoms. The predicted octanol–water partition coefficient (Wildman–Crippen LogP) is 1.80. The number of benzene rings is 1. The highest BCUT2D eigenvalue weighted by molar-refractivity contribution is 5.82. The lowest BCUT2D eigenvalue weighted by Crippen LogP contribution is -2.47. The van der Waals surface area contributed by atoms with Crippen LogP contribution in [0.3, 0.4) is 0 Å². The smallest absolute Gasteiger partial charge is 0.239 e. The van der Waals surface area contributed by atoms with Crippen LogP contribution in [0.2, 0.25) is 0 Å². The third kappa shape index (κ3) is 6.01. The van der Waals surface area contributed by atoms with Gasteiger partial charge in [0.05, 0.1) is 19.6 Å². The zero-order valence-electron chi connectivity index (χ0n) is 18.8. The second-order valence-electron chi connectivity index (χ2n) is 8.09. The molecular formula is C23H33N5O3. The summed E-state index contributed by atoms with van der Waals surface area (Å²) in [6.45, 7) is 10.9. The van der Waals surface area contributed by atoms with Gasteiger partial charge >= 0.3 is 0 Å². The molecule has 1 aliphatic heterocycles. The van der Waals surface area contributed by atoms with Gasteiger partial charge in [-0.25, -0.2) is 4.99 Å². The van der Waals surface area contributed by atoms with Gasteiger partial charge in [-0.15, -0.1) is 0 Å². The molecule has 1 saturated heterocycles. The number of furan rings is 1. The van der Waals surface area contributed by atoms with Crippen molar-refractivity contribution in [2.45, 2.75) is 39.8 Å². The number of carbonyl (C=O) groups is 1. The van der Waals surface area contributed by atoms with Crippen molar-refractivity contribution in [3.8, 4) is 0 Å². The van der Waals surface area contributed by atoms with Crippen molar-refractivity contribution in [1.29, 1.82) is 0 Å². The minimum Gasteiger partial charge on any atom is -0.466 e. The Balaban J connectivity index is 1.61. The van der Waals surface area contributed by atoms with Crippen LogP contribution in [-0.2, 0) is 16.9 Å². The van der Waals surface area contributed by atoms with E-state index in [-0.39, 0.29) is 5.91 Å². The molecule has 1 atom stereocenters. The number of guanidine groups is 1. The first-order chi connectivity index (χ1) is 14.8. The molecule has 3 rings (SSSR count). The van der Waals surface area contributed by atoms with Crippen LogP contribution >= 0.6 is 0 Å². The maximum atomic E-state index is 11.6. The fourth-order valence-electron chi connectivity index (χ4n) is 3.70. The number of amides is 1. The standard InChI is InChI=1S/C23H33N5O3/c1-5-24-22(27-15-23(4,30)20-12-16(2)31-17(20)3)26-13-18-6-8-19(9-7-18)28-11-10-25-21(29)14-28/h6-9,12,30H,5,10-11,13-15H2,1-4H3,(H,25,29)(H2,24,26,27). The lowest BCUT2D eigenvalue weighted by atomic mass is 9.96. The number of anilines is 1. The van der Waals surface area contributed by atoms with Gasteiger partial charge in [0.25, 0.3) is 0 Å². The van der Waals surface area contributed by atoms with E-state index in [4.69, 9.17) is 4.42 Å². The molecule has 1 fully saturated rings. The molecule has 8 nitrogen and oxygen atoms in total. The summed E-state index contributed by atoms with van der Waals surface area (Å²) in [5, 5.41) is 20.2. The Morgan fingerprint density at radius 3 is 2.65 bits per heavy atom. The Hall–Kier alpha value is -3.00. The zero-order chi connectivity index (χ0) is 22.4. The average Bonchev–Trinajstić information content (AvgIpc) is 3.09. The van der Waals surface area contributed by atoms with Crippen LogP contribution < -0.4 is 20.9 Å². The van der Waals surface area contributed by atoms with Crippen LogP contribution in [0.15, 0.2) is 39.7 Å². The molecule has 0 saturated carbocycles. The first kappa shape index (κ1) is 22.7. The van der Waals surface area contributed by atoms with Gasteiger partial charge in [-0.2, -0.15) is 0 Å². The summed E-state index contributed by atoms with van der Waals surface area (Å²) in [5.41, 5.74) is 1.79. The molecule has 1 amide bonds. The van der Waals surface area contributed by atoms with Crippen LogP contribution in [0.1, 0.15) is 36.5 Å². The molecule has 1 aromatic carbocycles. The second-order valence-corrected chi connectivity index (χ2v) is 8.09. The number of aryl methyl sites for hydroxylation is 2. The van der Waals surface area contributed by atoms with E-state index in [0.29, 0.717) is 38.7 Å². The van der Waals surface area contributed by atoms with Crippen molar-refractivity contribution in [1.82, 2.24) is 16.0 Å². The van der Waals surface area contributed by atoms with E-state index in [9.17, 15) is 9.90 Å². The Morgan fingerprint density at radius 2 is 2.03 bits per heavy atom. The molecular weight excluding hydrogens is 394 g/mol. The molecule has 1 unspecified atom stereocenters. The fourth-order valence-corrected chi connectivity index (χ4v) is 3.70. The van der Waals surface area contributed by atoms with Crippen molar-refractivity contribution in [3.05, 3.63) is 53.0 Å². The quantitative estimate of drug-likeness (QED) is 0.397. The minimum atomic E-state index is -1.08. The molecule has 1 aliphatic rings. The lowest BCUT2D eigenvalue weighted by molar-refractivity contribution is -0.120. The van der Waals surface area contributed by atoms with Crippen molar-refractivity contribution in [3.63, 3.8) is 0 Å². The zero-order valence-corrected chi connectivity index (χ0v) is 18.8. The molecule has 168 valence electrons. The topological polar surface area (TPSA) is 102 Å². The molecule has 0 radical (unpaired) electrons. The number of nitrogens with zero attached hydrogens (tertiary/aromatic N) is 2. The van der Waals surface area contributed by atoms with E-state index in [1.54, 1.807) is 6.92 Å². The van der Waals surface area contributed by atoms with Crippen molar-refractivity contribution >= 4 is 17.6 Å². The summed E-state index contributed by atoms with van der Waals surface area (Å²) in [4.78, 5) is 18.3.